The SMILES string of the molecule is C=CS/C(=C\C)COC(=O)/C(C)=C/CC(C)C(=O)C(NC(=O)[C@@H](NC)C(C)(C)c1ccccc1)C(C)(C)C.CCC. The molecular weight excluding hydrogens is 532 g/mol. The molecule has 0 aromatic heterocycles. The summed E-state index contributed by atoms with van der Waals surface area (Å²) in [5.74, 6) is -1.13. The predicted octanol–water partition coefficient (Wildman–Crippen LogP) is 7.36. The molecule has 2 unspecified atom stereocenters. The Morgan fingerprint density at radius 2 is 1.61 bits per heavy atom. The Kier molecular flexibility index (Phi) is 17.5. The summed E-state index contributed by atoms with van der Waals surface area (Å²) in [5, 5.41) is 7.89. The Morgan fingerprint density at radius 1 is 1.05 bits per heavy atom. The number of thioether (sulfide) groups is 1. The maximum absolute atomic E-state index is 13.6. The number of ketones is 1. The molecule has 1 aromatic rings. The van der Waals surface area contributed by atoms with Gasteiger partial charge in [-0.15, -0.1) is 0 Å². The minimum Gasteiger partial charge on any atom is -0.457 e. The van der Waals surface area contributed by atoms with Crippen molar-refractivity contribution in [3.05, 3.63) is 70.5 Å². The van der Waals surface area contributed by atoms with Gasteiger partial charge >= 0.3 is 5.97 Å². The Hall–Kier alpha value is -2.64. The van der Waals surface area contributed by atoms with Gasteiger partial charge in [0, 0.05) is 21.8 Å². The van der Waals surface area contributed by atoms with Crippen LogP contribution in [-0.4, -0.2) is 43.4 Å². The molecule has 7 heteroatoms. The number of ether oxygens (including phenoxy) is 1. The Morgan fingerprint density at radius 3 is 2.07 bits per heavy atom. The van der Waals surface area contributed by atoms with E-state index in [9.17, 15) is 14.4 Å². The summed E-state index contributed by atoms with van der Waals surface area (Å²) in [4.78, 5) is 40.4. The normalized spacial score (nSPS) is 14.6. The van der Waals surface area contributed by atoms with Gasteiger partial charge in [0.05, 0.1) is 12.1 Å². The number of amides is 1. The lowest BCUT2D eigenvalue weighted by Gasteiger charge is -2.37. The molecular formula is C34H54N2O4S. The molecule has 1 rings (SSSR count). The molecule has 0 saturated carbocycles. The number of nitrogens with one attached hydrogen (secondary N) is 2. The molecule has 0 radical (unpaired) electrons. The highest BCUT2D eigenvalue weighted by Gasteiger charge is 2.40. The maximum atomic E-state index is 13.6. The molecule has 0 saturated heterocycles. The van der Waals surface area contributed by atoms with Crippen LogP contribution in [0.4, 0.5) is 0 Å². The summed E-state index contributed by atoms with van der Waals surface area (Å²) in [6.07, 6.45) is 5.22. The van der Waals surface area contributed by atoms with Gasteiger partial charge in [-0.1, -0.05) is 123 Å². The second-order valence-electron chi connectivity index (χ2n) is 11.9. The summed E-state index contributed by atoms with van der Waals surface area (Å²) in [5.41, 5.74) is 0.465. The van der Waals surface area contributed by atoms with Gasteiger partial charge in [-0.2, -0.15) is 0 Å². The average Bonchev–Trinajstić information content (AvgIpc) is 2.92. The predicted molar refractivity (Wildman–Crippen MR) is 175 cm³/mol. The molecule has 6 nitrogen and oxygen atoms in total. The molecule has 3 atom stereocenters. The lowest BCUT2D eigenvalue weighted by molar-refractivity contribution is -0.138. The number of rotatable bonds is 14. The quantitative estimate of drug-likeness (QED) is 0.175. The molecule has 0 heterocycles. The van der Waals surface area contributed by atoms with E-state index in [2.05, 4.69) is 31.1 Å². The summed E-state index contributed by atoms with van der Waals surface area (Å²) in [6.45, 7) is 23.3. The van der Waals surface area contributed by atoms with E-state index in [1.807, 2.05) is 84.9 Å². The number of esters is 1. The van der Waals surface area contributed by atoms with Gasteiger partial charge < -0.3 is 15.4 Å². The number of likely N-dealkylation sites (N-methyl/N-ethyl adjacent to an activating group) is 1. The standard InChI is InChI=1S/C31H46N2O4S.C3H8/c1-11-24(38-12-2)20-37-29(36)22(4)19-18-21(3)25(34)26(30(5,6)7)33-28(35)27(32-10)31(8,9)23-16-14-13-15-17-23;1-3-2/h11-17,19,21,26-27,32H,2,18,20H2,1,3-10H3,(H,33,35);3H2,1-2H3/b22-19+,24-11-;/t21?,26?,27-;/m1./s1. The lowest BCUT2D eigenvalue weighted by atomic mass is 9.76. The first kappa shape index (κ1) is 38.4. The molecule has 0 fully saturated rings. The van der Waals surface area contributed by atoms with Crippen LogP contribution in [0.5, 0.6) is 0 Å². The highest BCUT2D eigenvalue weighted by Crippen LogP contribution is 2.29. The van der Waals surface area contributed by atoms with E-state index in [-0.39, 0.29) is 18.3 Å². The van der Waals surface area contributed by atoms with Crippen LogP contribution in [0.15, 0.2) is 64.9 Å². The van der Waals surface area contributed by atoms with Crippen LogP contribution in [0.3, 0.4) is 0 Å². The van der Waals surface area contributed by atoms with E-state index in [0.29, 0.717) is 12.0 Å². The minimum atomic E-state index is -0.693. The van der Waals surface area contributed by atoms with Crippen LogP contribution in [-0.2, 0) is 24.5 Å². The Balaban J connectivity index is 0.00000509. The van der Waals surface area contributed by atoms with Crippen LogP contribution < -0.4 is 10.6 Å². The smallest absolute Gasteiger partial charge is 0.333 e. The van der Waals surface area contributed by atoms with E-state index >= 15 is 0 Å². The van der Waals surface area contributed by atoms with Crippen molar-refractivity contribution >= 4 is 29.4 Å². The molecule has 1 amide bonds. The van der Waals surface area contributed by atoms with Crippen molar-refractivity contribution in [2.45, 2.75) is 99.6 Å². The van der Waals surface area contributed by atoms with Gasteiger partial charge in [0.15, 0.2) is 5.78 Å². The molecule has 0 spiro atoms. The third-order valence-electron chi connectivity index (χ3n) is 6.71. The molecule has 230 valence electrons. The third-order valence-corrected chi connectivity index (χ3v) is 7.54. The van der Waals surface area contributed by atoms with Crippen molar-refractivity contribution in [2.24, 2.45) is 11.3 Å². The first-order valence-electron chi connectivity index (χ1n) is 14.5. The van der Waals surface area contributed by atoms with Crippen molar-refractivity contribution in [3.8, 4) is 0 Å². The van der Waals surface area contributed by atoms with Crippen molar-refractivity contribution in [1.82, 2.24) is 10.6 Å². The number of benzene rings is 1. The second-order valence-corrected chi connectivity index (χ2v) is 13.0. The van der Waals surface area contributed by atoms with Crippen molar-refractivity contribution < 1.29 is 19.1 Å². The van der Waals surface area contributed by atoms with Crippen LogP contribution in [0.2, 0.25) is 0 Å². The van der Waals surface area contributed by atoms with Crippen molar-refractivity contribution in [3.63, 3.8) is 0 Å². The summed E-state index contributed by atoms with van der Waals surface area (Å²) >= 11 is 1.41. The van der Waals surface area contributed by atoms with E-state index in [4.69, 9.17) is 4.74 Å². The van der Waals surface area contributed by atoms with Crippen LogP contribution in [0.1, 0.15) is 87.6 Å². The average molecular weight is 587 g/mol. The molecule has 1 aromatic carbocycles. The van der Waals surface area contributed by atoms with Gasteiger partial charge in [-0.25, -0.2) is 4.79 Å². The number of carbonyl (C=O) groups is 3. The third kappa shape index (κ3) is 12.8. The summed E-state index contributed by atoms with van der Waals surface area (Å²) in [6, 6.07) is 8.62. The van der Waals surface area contributed by atoms with E-state index in [1.165, 1.54) is 18.2 Å². The number of carbonyl (C=O) groups excluding carboxylic acids is 3. The topological polar surface area (TPSA) is 84.5 Å². The molecule has 0 aliphatic rings. The Labute approximate surface area is 253 Å². The zero-order valence-corrected chi connectivity index (χ0v) is 28.0. The van der Waals surface area contributed by atoms with E-state index < -0.39 is 34.8 Å². The van der Waals surface area contributed by atoms with Crippen LogP contribution in [0.25, 0.3) is 0 Å². The number of allylic oxidation sites excluding steroid dienone is 2. The molecule has 2 N–H and O–H groups in total. The monoisotopic (exact) mass is 586 g/mol. The van der Waals surface area contributed by atoms with E-state index in [0.717, 1.165) is 10.5 Å². The van der Waals surface area contributed by atoms with Crippen molar-refractivity contribution in [2.75, 3.05) is 13.7 Å². The van der Waals surface area contributed by atoms with Gasteiger partial charge in [-0.3, -0.25) is 9.59 Å². The van der Waals surface area contributed by atoms with Gasteiger partial charge in [0.1, 0.15) is 6.61 Å². The Bertz CT molecular complexity index is 1040. The summed E-state index contributed by atoms with van der Waals surface area (Å²) < 4.78 is 5.37. The number of hydrogen-bond donors (Lipinski definition) is 2. The fourth-order valence-electron chi connectivity index (χ4n) is 4.17. The molecule has 0 bridgehead atoms. The molecule has 0 aliphatic heterocycles. The van der Waals surface area contributed by atoms with E-state index in [1.54, 1.807) is 25.5 Å². The maximum Gasteiger partial charge on any atom is 0.333 e. The van der Waals surface area contributed by atoms with Crippen LogP contribution in [0, 0.1) is 11.3 Å². The fraction of sp³-hybridized carbons (Fsp3) is 0.559. The molecule has 41 heavy (non-hydrogen) atoms. The van der Waals surface area contributed by atoms with Gasteiger partial charge in [0.25, 0.3) is 0 Å². The first-order chi connectivity index (χ1) is 19.1. The summed E-state index contributed by atoms with van der Waals surface area (Å²) in [7, 11) is 1.76. The second kappa shape index (κ2) is 18.7. The molecule has 0 aliphatic carbocycles. The van der Waals surface area contributed by atoms with Gasteiger partial charge in [-0.05, 0) is 43.7 Å². The number of Topliss-reactive ketones (excluding diaryl/α,β-unsaturated/α-hetero) is 1. The van der Waals surface area contributed by atoms with Crippen molar-refractivity contribution in [1.29, 1.82) is 0 Å². The first-order valence-corrected chi connectivity index (χ1v) is 15.3. The number of hydrogen-bond acceptors (Lipinski definition) is 6. The van der Waals surface area contributed by atoms with Gasteiger partial charge in [0.2, 0.25) is 5.91 Å². The minimum absolute atomic E-state index is 0.0748. The van der Waals surface area contributed by atoms with Crippen LogP contribution >= 0.6 is 11.8 Å². The zero-order chi connectivity index (χ0) is 31.8. The highest BCUT2D eigenvalue weighted by molar-refractivity contribution is 8.05. The zero-order valence-electron chi connectivity index (χ0n) is 27.2. The highest BCUT2D eigenvalue weighted by atomic mass is 32.2. The lowest BCUT2D eigenvalue weighted by Crippen LogP contribution is -2.59. The fourth-order valence-corrected chi connectivity index (χ4v) is 4.65. The largest absolute Gasteiger partial charge is 0.457 e.